The number of rotatable bonds is 9. The third-order valence-corrected chi connectivity index (χ3v) is 8.01. The smallest absolute Gasteiger partial charge is 0.244 e. The number of para-hydroxylation sites is 2. The van der Waals surface area contributed by atoms with Crippen molar-refractivity contribution in [2.75, 3.05) is 13.1 Å². The van der Waals surface area contributed by atoms with Gasteiger partial charge in [-0.25, -0.2) is 8.42 Å². The van der Waals surface area contributed by atoms with Gasteiger partial charge in [-0.3, -0.25) is 4.40 Å². The lowest BCUT2D eigenvalue weighted by Crippen LogP contribution is -2.30. The van der Waals surface area contributed by atoms with Gasteiger partial charge in [0.2, 0.25) is 10.0 Å². The molecule has 0 aliphatic rings. The molecule has 0 saturated carbocycles. The Morgan fingerprint density at radius 3 is 2.41 bits per heavy atom. The Hall–Kier alpha value is -2.88. The molecular weight excluding hydrogens is 444 g/mol. The Kier molecular flexibility index (Phi) is 6.78. The fourth-order valence-corrected chi connectivity index (χ4v) is 5.66. The minimum absolute atomic E-state index is 0.225. The van der Waals surface area contributed by atoms with Crippen molar-refractivity contribution < 1.29 is 13.2 Å². The number of hydrogen-bond acceptors (Lipinski definition) is 6. The van der Waals surface area contributed by atoms with Crippen molar-refractivity contribution in [3.63, 3.8) is 0 Å². The summed E-state index contributed by atoms with van der Waals surface area (Å²) in [7, 11) is -3.57. The van der Waals surface area contributed by atoms with Gasteiger partial charge in [0.05, 0.1) is 4.90 Å². The first-order valence-electron chi connectivity index (χ1n) is 10.3. The molecule has 4 aromatic rings. The summed E-state index contributed by atoms with van der Waals surface area (Å²) in [6.07, 6.45) is 1.59. The van der Waals surface area contributed by atoms with Gasteiger partial charge >= 0.3 is 0 Å². The van der Waals surface area contributed by atoms with Crippen molar-refractivity contribution in [3.05, 3.63) is 78.5 Å². The predicted octanol–water partition coefficient (Wildman–Crippen LogP) is 4.84. The Morgan fingerprint density at radius 1 is 0.938 bits per heavy atom. The molecule has 0 bridgehead atoms. The molecule has 32 heavy (non-hydrogen) atoms. The summed E-state index contributed by atoms with van der Waals surface area (Å²) in [5.41, 5.74) is 1.60. The average molecular weight is 469 g/mol. The Morgan fingerprint density at radius 2 is 1.66 bits per heavy atom. The van der Waals surface area contributed by atoms with Crippen LogP contribution in [0.25, 0.3) is 5.65 Å². The van der Waals surface area contributed by atoms with Gasteiger partial charge in [-0.15, -0.1) is 10.2 Å². The zero-order valence-electron chi connectivity index (χ0n) is 17.9. The maximum atomic E-state index is 12.9. The summed E-state index contributed by atoms with van der Waals surface area (Å²) >= 11 is 1.47. The molecule has 4 rings (SSSR count). The van der Waals surface area contributed by atoms with E-state index >= 15 is 0 Å². The average Bonchev–Trinajstić information content (AvgIpc) is 3.22. The van der Waals surface area contributed by atoms with Crippen LogP contribution in [0.1, 0.15) is 19.4 Å². The molecule has 2 heterocycles. The van der Waals surface area contributed by atoms with E-state index in [1.54, 1.807) is 22.7 Å². The highest BCUT2D eigenvalue weighted by atomic mass is 32.2. The first kappa shape index (κ1) is 22.3. The highest BCUT2D eigenvalue weighted by Crippen LogP contribution is 2.31. The quantitative estimate of drug-likeness (QED) is 0.327. The monoisotopic (exact) mass is 468 g/mol. The summed E-state index contributed by atoms with van der Waals surface area (Å²) < 4.78 is 35.0. The molecule has 0 aliphatic carbocycles. The van der Waals surface area contributed by atoms with Crippen LogP contribution in [0.2, 0.25) is 0 Å². The van der Waals surface area contributed by atoms with E-state index in [-0.39, 0.29) is 4.90 Å². The first-order valence-corrected chi connectivity index (χ1v) is 12.7. The molecule has 0 fully saturated rings. The van der Waals surface area contributed by atoms with Gasteiger partial charge in [-0.05, 0) is 30.3 Å². The summed E-state index contributed by atoms with van der Waals surface area (Å²) in [5.74, 6) is 2.13. The van der Waals surface area contributed by atoms with Crippen molar-refractivity contribution in [2.45, 2.75) is 29.7 Å². The predicted molar refractivity (Wildman–Crippen MR) is 126 cm³/mol. The summed E-state index contributed by atoms with van der Waals surface area (Å²) in [4.78, 5) is 0.225. The van der Waals surface area contributed by atoms with Crippen LogP contribution in [0, 0.1) is 0 Å². The number of hydrogen-bond donors (Lipinski definition) is 0. The van der Waals surface area contributed by atoms with E-state index in [1.165, 1.54) is 16.1 Å². The molecule has 2 aromatic carbocycles. The van der Waals surface area contributed by atoms with Crippen LogP contribution >= 0.6 is 11.8 Å². The number of nitrogens with zero attached hydrogens (tertiary/aromatic N) is 4. The van der Waals surface area contributed by atoms with Crippen LogP contribution in [0.4, 0.5) is 0 Å². The molecule has 9 heteroatoms. The number of fused-ring (bicyclic) bond motifs is 1. The molecule has 0 atom stereocenters. The van der Waals surface area contributed by atoms with Gasteiger partial charge in [0.25, 0.3) is 0 Å². The molecule has 0 radical (unpaired) electrons. The van der Waals surface area contributed by atoms with E-state index in [4.69, 9.17) is 4.74 Å². The summed E-state index contributed by atoms with van der Waals surface area (Å²) in [6.45, 7) is 4.49. The van der Waals surface area contributed by atoms with E-state index in [1.807, 2.05) is 68.4 Å². The van der Waals surface area contributed by atoms with Gasteiger partial charge in [-0.2, -0.15) is 4.31 Å². The van der Waals surface area contributed by atoms with Crippen molar-refractivity contribution in [1.82, 2.24) is 18.9 Å². The molecule has 0 unspecified atom stereocenters. The molecule has 0 spiro atoms. The molecule has 0 N–H and O–H groups in total. The SMILES string of the molecule is CCN(CC)S(=O)(=O)c1ccc2nnc(SCc3ccccc3Oc3ccccc3)n2c1. The maximum absolute atomic E-state index is 12.9. The zero-order valence-corrected chi connectivity index (χ0v) is 19.5. The molecule has 7 nitrogen and oxygen atoms in total. The van der Waals surface area contributed by atoms with Crippen molar-refractivity contribution in [2.24, 2.45) is 0 Å². The topological polar surface area (TPSA) is 76.8 Å². The van der Waals surface area contributed by atoms with Crippen LogP contribution in [0.15, 0.2) is 83.0 Å². The molecule has 0 aliphatic heterocycles. The van der Waals surface area contributed by atoms with Gasteiger partial charge in [0.1, 0.15) is 11.5 Å². The van der Waals surface area contributed by atoms with Crippen molar-refractivity contribution in [3.8, 4) is 11.5 Å². The number of ether oxygens (including phenoxy) is 1. The van der Waals surface area contributed by atoms with Crippen LogP contribution in [-0.2, 0) is 15.8 Å². The molecule has 166 valence electrons. The third kappa shape index (κ3) is 4.64. The highest BCUT2D eigenvalue weighted by molar-refractivity contribution is 7.98. The number of benzene rings is 2. The Balaban J connectivity index is 1.59. The van der Waals surface area contributed by atoms with E-state index < -0.39 is 10.0 Å². The van der Waals surface area contributed by atoms with E-state index in [0.717, 1.165) is 17.1 Å². The van der Waals surface area contributed by atoms with Crippen LogP contribution < -0.4 is 4.74 Å². The number of sulfonamides is 1. The number of aromatic nitrogens is 3. The zero-order chi connectivity index (χ0) is 22.6. The van der Waals surface area contributed by atoms with Crippen LogP contribution in [0.3, 0.4) is 0 Å². The van der Waals surface area contributed by atoms with Gasteiger partial charge in [0, 0.05) is 30.6 Å². The molecule has 0 saturated heterocycles. The molecular formula is C23H24N4O3S2. The Bertz CT molecular complexity index is 1300. The Labute approximate surface area is 192 Å². The lowest BCUT2D eigenvalue weighted by Gasteiger charge is -2.18. The second-order valence-electron chi connectivity index (χ2n) is 6.98. The van der Waals surface area contributed by atoms with Crippen molar-refractivity contribution in [1.29, 1.82) is 0 Å². The van der Waals surface area contributed by atoms with Gasteiger partial charge in [-0.1, -0.05) is 62.0 Å². The van der Waals surface area contributed by atoms with Crippen LogP contribution in [-0.4, -0.2) is 40.4 Å². The maximum Gasteiger partial charge on any atom is 0.244 e. The van der Waals surface area contributed by atoms with E-state index in [9.17, 15) is 8.42 Å². The van der Waals surface area contributed by atoms with Crippen molar-refractivity contribution >= 4 is 27.4 Å². The van der Waals surface area contributed by atoms with Gasteiger partial charge < -0.3 is 4.74 Å². The summed E-state index contributed by atoms with van der Waals surface area (Å²) in [6, 6.07) is 20.7. The summed E-state index contributed by atoms with van der Waals surface area (Å²) in [5, 5.41) is 9.06. The fourth-order valence-electron chi connectivity index (χ4n) is 3.29. The second kappa shape index (κ2) is 9.72. The lowest BCUT2D eigenvalue weighted by molar-refractivity contribution is 0.445. The van der Waals surface area contributed by atoms with Gasteiger partial charge in [0.15, 0.2) is 10.8 Å². The fraction of sp³-hybridized carbons (Fsp3) is 0.217. The second-order valence-corrected chi connectivity index (χ2v) is 9.86. The van der Waals surface area contributed by atoms with E-state index in [2.05, 4.69) is 10.2 Å². The lowest BCUT2D eigenvalue weighted by atomic mass is 10.2. The number of pyridine rings is 1. The third-order valence-electron chi connectivity index (χ3n) is 4.99. The van der Waals surface area contributed by atoms with Crippen LogP contribution in [0.5, 0.6) is 11.5 Å². The highest BCUT2D eigenvalue weighted by Gasteiger charge is 2.23. The first-order chi connectivity index (χ1) is 15.5. The van der Waals surface area contributed by atoms with E-state index in [0.29, 0.717) is 29.6 Å². The normalized spacial score (nSPS) is 11.8. The molecule has 2 aromatic heterocycles. The standard InChI is InChI=1S/C23H24N4O3S2/c1-3-26(4-2)32(28,29)20-14-15-22-24-25-23(27(22)16-20)31-17-18-10-8-9-13-21(18)30-19-11-6-5-7-12-19/h5-16H,3-4,17H2,1-2H3. The largest absolute Gasteiger partial charge is 0.457 e. The minimum atomic E-state index is -3.57. The minimum Gasteiger partial charge on any atom is -0.457 e. The number of thioether (sulfide) groups is 1. The molecule has 0 amide bonds.